The highest BCUT2D eigenvalue weighted by Crippen LogP contribution is 2.28. The van der Waals surface area contributed by atoms with Crippen molar-refractivity contribution in [2.24, 2.45) is 0 Å². The summed E-state index contributed by atoms with van der Waals surface area (Å²) in [5.74, 6) is 0. The Morgan fingerprint density at radius 1 is 1.43 bits per heavy atom. The summed E-state index contributed by atoms with van der Waals surface area (Å²) in [6.45, 7) is 2.23. The lowest BCUT2D eigenvalue weighted by Crippen LogP contribution is -2.39. The van der Waals surface area contributed by atoms with E-state index in [-0.39, 0.29) is 17.0 Å². The molecule has 1 saturated heterocycles. The topological polar surface area (TPSA) is 111 Å². The van der Waals surface area contributed by atoms with Gasteiger partial charge >= 0.3 is 0 Å². The summed E-state index contributed by atoms with van der Waals surface area (Å²) in [5.41, 5.74) is 0.0131. The Hall–Kier alpha value is -1.71. The molecular formula is C12H17N3O5S. The first-order chi connectivity index (χ1) is 9.85. The maximum Gasteiger partial charge on any atom is 0.291 e. The van der Waals surface area contributed by atoms with Gasteiger partial charge in [-0.25, -0.2) is 13.1 Å². The quantitative estimate of drug-likeness (QED) is 0.621. The molecule has 1 heterocycles. The van der Waals surface area contributed by atoms with Crippen LogP contribution >= 0.6 is 0 Å². The normalized spacial score (nSPS) is 22.2. The number of hydrogen-bond donors (Lipinski definition) is 2. The molecule has 1 aromatic rings. The van der Waals surface area contributed by atoms with Crippen LogP contribution < -0.4 is 10.0 Å². The number of nitrogens with zero attached hydrogens (tertiary/aromatic N) is 1. The van der Waals surface area contributed by atoms with Gasteiger partial charge in [0.05, 0.1) is 17.1 Å². The lowest BCUT2D eigenvalue weighted by atomic mass is 10.2. The van der Waals surface area contributed by atoms with Gasteiger partial charge in [-0.1, -0.05) is 0 Å². The second-order valence-corrected chi connectivity index (χ2v) is 6.46. The molecule has 0 radical (unpaired) electrons. The Morgan fingerprint density at radius 3 is 2.67 bits per heavy atom. The number of nitro benzene ring substituents is 1. The molecule has 8 nitrogen and oxygen atoms in total. The van der Waals surface area contributed by atoms with Gasteiger partial charge in [-0.2, -0.15) is 0 Å². The van der Waals surface area contributed by atoms with E-state index in [9.17, 15) is 18.5 Å². The first kappa shape index (κ1) is 15.7. The summed E-state index contributed by atoms with van der Waals surface area (Å²) < 4.78 is 32.5. The second kappa shape index (κ2) is 5.96. The van der Waals surface area contributed by atoms with Crippen LogP contribution in [0.2, 0.25) is 0 Å². The molecule has 0 amide bonds. The van der Waals surface area contributed by atoms with Crippen molar-refractivity contribution < 1.29 is 18.1 Å². The number of benzene rings is 1. The van der Waals surface area contributed by atoms with E-state index >= 15 is 0 Å². The summed E-state index contributed by atoms with van der Waals surface area (Å²) in [7, 11) is -2.38. The van der Waals surface area contributed by atoms with E-state index in [1.165, 1.54) is 18.2 Å². The molecule has 0 aliphatic carbocycles. The summed E-state index contributed by atoms with van der Waals surface area (Å²) in [4.78, 5) is 10.1. The fraction of sp³-hybridized carbons (Fsp3) is 0.500. The number of sulfonamides is 1. The lowest BCUT2D eigenvalue weighted by molar-refractivity contribution is -0.387. The summed E-state index contributed by atoms with van der Waals surface area (Å²) in [6.07, 6.45) is 0.290. The predicted octanol–water partition coefficient (Wildman–Crippen LogP) is 1.09. The SMILES string of the molecule is CNc1ccc(S(=O)(=O)NC2CCOC2C)c([N+](=O)[O-])c1. The second-order valence-electron chi connectivity index (χ2n) is 4.78. The van der Waals surface area contributed by atoms with Crippen LogP contribution in [0, 0.1) is 10.1 Å². The standard InChI is InChI=1S/C12H17N3O5S/c1-8-10(5-6-20-8)14-21(18,19)12-4-3-9(13-2)7-11(12)15(16)17/h3-4,7-8,10,13-14H,5-6H2,1-2H3. The number of hydrogen-bond acceptors (Lipinski definition) is 6. The van der Waals surface area contributed by atoms with E-state index in [1.807, 2.05) is 0 Å². The van der Waals surface area contributed by atoms with Crippen molar-refractivity contribution in [3.05, 3.63) is 28.3 Å². The van der Waals surface area contributed by atoms with E-state index in [2.05, 4.69) is 10.0 Å². The molecule has 21 heavy (non-hydrogen) atoms. The van der Waals surface area contributed by atoms with Crippen LogP contribution in [0.3, 0.4) is 0 Å². The third kappa shape index (κ3) is 3.31. The van der Waals surface area contributed by atoms with Gasteiger partial charge < -0.3 is 10.1 Å². The van der Waals surface area contributed by atoms with E-state index in [0.29, 0.717) is 18.7 Å². The van der Waals surface area contributed by atoms with Gasteiger partial charge in [-0.15, -0.1) is 0 Å². The predicted molar refractivity (Wildman–Crippen MR) is 76.8 cm³/mol. The van der Waals surface area contributed by atoms with Crippen LogP contribution in [0.25, 0.3) is 0 Å². The smallest absolute Gasteiger partial charge is 0.291 e. The van der Waals surface area contributed by atoms with Gasteiger partial charge in [0.1, 0.15) is 0 Å². The van der Waals surface area contributed by atoms with Crippen molar-refractivity contribution >= 4 is 21.4 Å². The van der Waals surface area contributed by atoms with Crippen LogP contribution in [0.15, 0.2) is 23.1 Å². The zero-order valence-corrected chi connectivity index (χ0v) is 12.5. The van der Waals surface area contributed by atoms with E-state index in [1.54, 1.807) is 14.0 Å². The van der Waals surface area contributed by atoms with Crippen LogP contribution in [0.5, 0.6) is 0 Å². The summed E-state index contributed by atoms with van der Waals surface area (Å²) >= 11 is 0. The minimum absolute atomic E-state index is 0.254. The molecule has 2 N–H and O–H groups in total. The molecule has 9 heteroatoms. The maximum absolute atomic E-state index is 12.4. The highest BCUT2D eigenvalue weighted by Gasteiger charge is 2.32. The minimum Gasteiger partial charge on any atom is -0.388 e. The number of anilines is 1. The van der Waals surface area contributed by atoms with E-state index in [0.717, 1.165) is 0 Å². The molecule has 2 unspecified atom stereocenters. The molecule has 1 aliphatic heterocycles. The average Bonchev–Trinajstić information content (AvgIpc) is 2.82. The van der Waals surface area contributed by atoms with Crippen LogP contribution in [0.4, 0.5) is 11.4 Å². The molecule has 2 rings (SSSR count). The Bertz CT molecular complexity index is 646. The number of nitrogens with one attached hydrogen (secondary N) is 2. The molecule has 1 aliphatic rings. The Morgan fingerprint density at radius 2 is 2.14 bits per heavy atom. The Balaban J connectivity index is 2.37. The fourth-order valence-electron chi connectivity index (χ4n) is 2.19. The first-order valence-electron chi connectivity index (χ1n) is 6.45. The first-order valence-corrected chi connectivity index (χ1v) is 7.93. The summed E-state index contributed by atoms with van der Waals surface area (Å²) in [5, 5.41) is 13.8. The lowest BCUT2D eigenvalue weighted by Gasteiger charge is -2.16. The van der Waals surface area contributed by atoms with E-state index in [4.69, 9.17) is 4.74 Å². The molecule has 1 aromatic carbocycles. The van der Waals surface area contributed by atoms with Crippen molar-refractivity contribution in [3.8, 4) is 0 Å². The molecule has 0 aromatic heterocycles. The van der Waals surface area contributed by atoms with Crippen molar-refractivity contribution in [3.63, 3.8) is 0 Å². The molecule has 116 valence electrons. The van der Waals surface area contributed by atoms with Crippen LogP contribution in [0.1, 0.15) is 13.3 Å². The third-order valence-electron chi connectivity index (χ3n) is 3.42. The molecular weight excluding hydrogens is 298 g/mol. The molecule has 1 fully saturated rings. The number of ether oxygens (including phenoxy) is 1. The van der Waals surface area contributed by atoms with Gasteiger partial charge in [0.2, 0.25) is 10.0 Å². The molecule has 0 spiro atoms. The van der Waals surface area contributed by atoms with Crippen LogP contribution in [-0.2, 0) is 14.8 Å². The van der Waals surface area contributed by atoms with Gasteiger partial charge in [-0.3, -0.25) is 10.1 Å². The molecule has 0 bridgehead atoms. The van der Waals surface area contributed by atoms with Crippen molar-refractivity contribution in [2.45, 2.75) is 30.4 Å². The third-order valence-corrected chi connectivity index (χ3v) is 4.95. The highest BCUT2D eigenvalue weighted by molar-refractivity contribution is 7.89. The van der Waals surface area contributed by atoms with Gasteiger partial charge in [0, 0.05) is 25.4 Å². The average molecular weight is 315 g/mol. The zero-order chi connectivity index (χ0) is 15.6. The molecule has 0 saturated carbocycles. The van der Waals surface area contributed by atoms with Crippen molar-refractivity contribution in [1.82, 2.24) is 4.72 Å². The fourth-order valence-corrected chi connectivity index (χ4v) is 3.68. The van der Waals surface area contributed by atoms with Crippen LogP contribution in [-0.4, -0.2) is 39.1 Å². The number of nitro groups is 1. The van der Waals surface area contributed by atoms with Crippen molar-refractivity contribution in [2.75, 3.05) is 19.0 Å². The molecule has 2 atom stereocenters. The Kier molecular flexibility index (Phi) is 4.45. The largest absolute Gasteiger partial charge is 0.388 e. The van der Waals surface area contributed by atoms with Gasteiger partial charge in [0.15, 0.2) is 4.90 Å². The minimum atomic E-state index is -3.98. The van der Waals surface area contributed by atoms with E-state index < -0.39 is 20.6 Å². The number of rotatable bonds is 5. The van der Waals surface area contributed by atoms with Crippen molar-refractivity contribution in [1.29, 1.82) is 0 Å². The summed E-state index contributed by atoms with van der Waals surface area (Å²) in [6, 6.07) is 3.53. The Labute approximate surface area is 122 Å². The monoisotopic (exact) mass is 315 g/mol. The zero-order valence-electron chi connectivity index (χ0n) is 11.7. The maximum atomic E-state index is 12.4. The highest BCUT2D eigenvalue weighted by atomic mass is 32.2. The van der Waals surface area contributed by atoms with Gasteiger partial charge in [0.25, 0.3) is 5.69 Å². The van der Waals surface area contributed by atoms with Gasteiger partial charge in [-0.05, 0) is 25.5 Å².